The van der Waals surface area contributed by atoms with Crippen LogP contribution in [0.5, 0.6) is 0 Å². The predicted octanol–water partition coefficient (Wildman–Crippen LogP) is 2.47. The molecule has 0 N–H and O–H groups in total. The molecular weight excluding hydrogens is 274 g/mol. The van der Waals surface area contributed by atoms with Gasteiger partial charge in [-0.3, -0.25) is 4.68 Å². The van der Waals surface area contributed by atoms with Crippen LogP contribution in [0.1, 0.15) is 36.9 Å². The molecule has 4 rings (SSSR count). The summed E-state index contributed by atoms with van der Waals surface area (Å²) in [6.07, 6.45) is 13.0. The van der Waals surface area contributed by atoms with Crippen LogP contribution in [-0.4, -0.2) is 32.8 Å². The molecule has 0 radical (unpaired) electrons. The molecule has 5 heteroatoms. The van der Waals surface area contributed by atoms with Crippen molar-refractivity contribution in [2.75, 3.05) is 18.0 Å². The third-order valence-electron chi connectivity index (χ3n) is 5.09. The highest BCUT2D eigenvalue weighted by molar-refractivity contribution is 5.50. The second-order valence-electron chi connectivity index (χ2n) is 6.46. The number of anilines is 1. The van der Waals surface area contributed by atoms with E-state index >= 15 is 0 Å². The molecule has 0 aromatic carbocycles. The Hall–Kier alpha value is -1.91. The normalized spacial score (nSPS) is 18.6. The van der Waals surface area contributed by atoms with Gasteiger partial charge in [-0.05, 0) is 50.5 Å². The van der Waals surface area contributed by atoms with Gasteiger partial charge in [-0.15, -0.1) is 0 Å². The second-order valence-corrected chi connectivity index (χ2v) is 6.46. The predicted molar refractivity (Wildman–Crippen MR) is 85.8 cm³/mol. The minimum absolute atomic E-state index is 0.815. The molecule has 0 spiro atoms. The molecule has 1 aliphatic heterocycles. The van der Waals surface area contributed by atoms with Crippen molar-refractivity contribution in [3.63, 3.8) is 0 Å². The van der Waals surface area contributed by atoms with Gasteiger partial charge in [0.2, 0.25) is 0 Å². The van der Waals surface area contributed by atoms with E-state index < -0.39 is 0 Å². The molecule has 0 bridgehead atoms. The fourth-order valence-electron chi connectivity index (χ4n) is 3.80. The number of aryl methyl sites for hydroxylation is 2. The van der Waals surface area contributed by atoms with E-state index in [-0.39, 0.29) is 0 Å². The van der Waals surface area contributed by atoms with Crippen LogP contribution in [0.15, 0.2) is 24.8 Å². The zero-order chi connectivity index (χ0) is 14.8. The van der Waals surface area contributed by atoms with Gasteiger partial charge < -0.3 is 4.90 Å². The zero-order valence-corrected chi connectivity index (χ0v) is 13.0. The third-order valence-corrected chi connectivity index (χ3v) is 5.09. The Labute approximate surface area is 131 Å². The van der Waals surface area contributed by atoms with Crippen LogP contribution in [0.3, 0.4) is 0 Å². The summed E-state index contributed by atoms with van der Waals surface area (Å²) in [5, 5.41) is 4.29. The maximum absolute atomic E-state index is 4.59. The standard InChI is InChI=1S/C17H23N5/c1-3-15-16(4-1)18-13-19-17(15)21-10-5-14(6-11-21)7-12-22-9-2-8-20-22/h2,8-9,13-14H,1,3-7,10-12H2. The van der Waals surface area contributed by atoms with Crippen LogP contribution in [0.2, 0.25) is 0 Å². The summed E-state index contributed by atoms with van der Waals surface area (Å²) in [6, 6.07) is 2.00. The molecule has 2 aromatic heterocycles. The fourth-order valence-corrected chi connectivity index (χ4v) is 3.80. The van der Waals surface area contributed by atoms with Gasteiger partial charge in [0.25, 0.3) is 0 Å². The maximum Gasteiger partial charge on any atom is 0.135 e. The van der Waals surface area contributed by atoms with Gasteiger partial charge in [-0.25, -0.2) is 9.97 Å². The summed E-state index contributed by atoms with van der Waals surface area (Å²) in [4.78, 5) is 11.5. The van der Waals surface area contributed by atoms with Gasteiger partial charge >= 0.3 is 0 Å². The monoisotopic (exact) mass is 297 g/mol. The Morgan fingerprint density at radius 3 is 2.86 bits per heavy atom. The van der Waals surface area contributed by atoms with Gasteiger partial charge in [0, 0.05) is 43.3 Å². The molecule has 0 saturated carbocycles. The minimum Gasteiger partial charge on any atom is -0.356 e. The molecule has 116 valence electrons. The number of fused-ring (bicyclic) bond motifs is 1. The first-order chi connectivity index (χ1) is 10.9. The van der Waals surface area contributed by atoms with E-state index in [4.69, 9.17) is 0 Å². The zero-order valence-electron chi connectivity index (χ0n) is 13.0. The van der Waals surface area contributed by atoms with Gasteiger partial charge in [-0.1, -0.05) is 0 Å². The molecule has 0 atom stereocenters. The van der Waals surface area contributed by atoms with Gasteiger partial charge in [0.1, 0.15) is 12.1 Å². The molecule has 5 nitrogen and oxygen atoms in total. The Morgan fingerprint density at radius 1 is 1.14 bits per heavy atom. The molecule has 2 aromatic rings. The Morgan fingerprint density at radius 2 is 2.05 bits per heavy atom. The van der Waals surface area contributed by atoms with Crippen molar-refractivity contribution in [3.8, 4) is 0 Å². The number of hydrogen-bond donors (Lipinski definition) is 0. The van der Waals surface area contributed by atoms with Crippen LogP contribution in [0.25, 0.3) is 0 Å². The van der Waals surface area contributed by atoms with E-state index in [9.17, 15) is 0 Å². The topological polar surface area (TPSA) is 46.8 Å². The highest BCUT2D eigenvalue weighted by Crippen LogP contribution is 2.31. The van der Waals surface area contributed by atoms with Crippen LogP contribution in [0, 0.1) is 5.92 Å². The maximum atomic E-state index is 4.59. The lowest BCUT2D eigenvalue weighted by atomic mass is 9.93. The van der Waals surface area contributed by atoms with Crippen LogP contribution in [-0.2, 0) is 19.4 Å². The number of rotatable bonds is 4. The highest BCUT2D eigenvalue weighted by Gasteiger charge is 2.25. The molecule has 0 amide bonds. The average molecular weight is 297 g/mol. The largest absolute Gasteiger partial charge is 0.356 e. The van der Waals surface area contributed by atoms with E-state index in [0.29, 0.717) is 0 Å². The minimum atomic E-state index is 0.815. The molecule has 0 unspecified atom stereocenters. The summed E-state index contributed by atoms with van der Waals surface area (Å²) in [7, 11) is 0. The summed E-state index contributed by atoms with van der Waals surface area (Å²) in [5.41, 5.74) is 2.70. The van der Waals surface area contributed by atoms with Gasteiger partial charge in [0.15, 0.2) is 0 Å². The van der Waals surface area contributed by atoms with Crippen LogP contribution >= 0.6 is 0 Å². The number of aromatic nitrogens is 4. The Bertz CT molecular complexity index is 614. The van der Waals surface area contributed by atoms with Crippen molar-refractivity contribution in [3.05, 3.63) is 36.0 Å². The smallest absolute Gasteiger partial charge is 0.135 e. The average Bonchev–Trinajstić information content (AvgIpc) is 3.24. The van der Waals surface area contributed by atoms with Crippen molar-refractivity contribution >= 4 is 5.82 Å². The van der Waals surface area contributed by atoms with Crippen molar-refractivity contribution in [2.24, 2.45) is 5.92 Å². The van der Waals surface area contributed by atoms with Gasteiger partial charge in [-0.2, -0.15) is 5.10 Å². The molecule has 1 saturated heterocycles. The van der Waals surface area contributed by atoms with Crippen molar-refractivity contribution in [1.82, 2.24) is 19.7 Å². The lowest BCUT2D eigenvalue weighted by Gasteiger charge is -2.33. The second kappa shape index (κ2) is 6.07. The Balaban J connectivity index is 1.35. The van der Waals surface area contributed by atoms with E-state index in [1.165, 1.54) is 42.8 Å². The highest BCUT2D eigenvalue weighted by atomic mass is 15.3. The van der Waals surface area contributed by atoms with Crippen LogP contribution < -0.4 is 4.90 Å². The first kappa shape index (κ1) is 13.7. The van der Waals surface area contributed by atoms with E-state index in [0.717, 1.165) is 38.4 Å². The van der Waals surface area contributed by atoms with E-state index in [1.54, 1.807) is 6.33 Å². The summed E-state index contributed by atoms with van der Waals surface area (Å²) in [5.74, 6) is 2.03. The quantitative estimate of drug-likeness (QED) is 0.870. The first-order valence-corrected chi connectivity index (χ1v) is 8.45. The molecule has 3 heterocycles. The SMILES string of the molecule is c1cnn(CCC2CCN(c3ncnc4c3CCC4)CC2)c1. The van der Waals surface area contributed by atoms with Crippen molar-refractivity contribution in [2.45, 2.75) is 45.1 Å². The van der Waals surface area contributed by atoms with E-state index in [2.05, 4.69) is 26.2 Å². The molecule has 1 fully saturated rings. The number of hydrogen-bond acceptors (Lipinski definition) is 4. The fraction of sp³-hybridized carbons (Fsp3) is 0.588. The third kappa shape index (κ3) is 2.72. The summed E-state index contributed by atoms with van der Waals surface area (Å²) >= 11 is 0. The van der Waals surface area contributed by atoms with Crippen molar-refractivity contribution in [1.29, 1.82) is 0 Å². The molecule has 1 aliphatic carbocycles. The molecule has 2 aliphatic rings. The summed E-state index contributed by atoms with van der Waals surface area (Å²) < 4.78 is 2.05. The first-order valence-electron chi connectivity index (χ1n) is 8.45. The number of nitrogens with zero attached hydrogens (tertiary/aromatic N) is 5. The number of piperidine rings is 1. The van der Waals surface area contributed by atoms with Gasteiger partial charge in [0.05, 0.1) is 0 Å². The lowest BCUT2D eigenvalue weighted by Crippen LogP contribution is -2.35. The lowest BCUT2D eigenvalue weighted by molar-refractivity contribution is 0.353. The Kier molecular flexibility index (Phi) is 3.79. The summed E-state index contributed by atoms with van der Waals surface area (Å²) in [6.45, 7) is 3.31. The molecule has 22 heavy (non-hydrogen) atoms. The van der Waals surface area contributed by atoms with E-state index in [1.807, 2.05) is 16.9 Å². The molecular formula is C17H23N5. The van der Waals surface area contributed by atoms with Crippen LogP contribution in [0.4, 0.5) is 5.82 Å². The van der Waals surface area contributed by atoms with Crippen molar-refractivity contribution < 1.29 is 0 Å².